The van der Waals surface area contributed by atoms with Crippen LogP contribution in [0, 0.1) is 5.92 Å². The number of alkyl halides is 5. The zero-order valence-electron chi connectivity index (χ0n) is 6.58. The average Bonchev–Trinajstić information content (AvgIpc) is 1.83. The molecule has 1 amide bonds. The Kier molecular flexibility index (Phi) is 3.23. The number of carbonyl (C=O) groups excluding carboxylic acids is 1. The Morgan fingerprint density at radius 2 is 1.69 bits per heavy atom. The third-order valence-electron chi connectivity index (χ3n) is 1.42. The van der Waals surface area contributed by atoms with E-state index in [1.54, 1.807) is 0 Å². The topological polar surface area (TPSA) is 40.9 Å². The van der Waals surface area contributed by atoms with Gasteiger partial charge in [0, 0.05) is 12.3 Å². The molecular weight excluding hydrogens is 197 g/mol. The van der Waals surface area contributed by atoms with Crippen molar-refractivity contribution in [2.75, 3.05) is 0 Å². The Labute approximate surface area is 70.9 Å². The highest BCUT2D eigenvalue weighted by Gasteiger charge is 2.57. The molecule has 0 aliphatic carbocycles. The van der Waals surface area contributed by atoms with Crippen molar-refractivity contribution < 1.29 is 26.7 Å². The number of rotatable bonds is 3. The molecule has 2 nitrogen and oxygen atoms in total. The van der Waals surface area contributed by atoms with E-state index < -0.39 is 30.3 Å². The number of halogens is 5. The van der Waals surface area contributed by atoms with E-state index in [0.29, 0.717) is 0 Å². The molecule has 0 aromatic carbocycles. The fourth-order valence-electron chi connectivity index (χ4n) is 0.593. The number of amides is 1. The molecule has 1 radical (unpaired) electrons. The third-order valence-corrected chi connectivity index (χ3v) is 1.42. The van der Waals surface area contributed by atoms with Gasteiger partial charge >= 0.3 is 12.1 Å². The molecule has 0 aromatic heterocycles. The molecule has 0 saturated heterocycles. The Balaban J connectivity index is 4.43. The number of hydrogen-bond donors (Lipinski definition) is 0. The summed E-state index contributed by atoms with van der Waals surface area (Å²) < 4.78 is 59.0. The van der Waals surface area contributed by atoms with Gasteiger partial charge in [-0.25, -0.2) is 0 Å². The number of nitrogens with one attached hydrogen (secondary N) is 1. The van der Waals surface area contributed by atoms with E-state index >= 15 is 0 Å². The number of hydrogen-bond acceptors (Lipinski definition) is 1. The SMILES string of the molecule is CC(CC(F)(F)C(F)(F)F)C([NH])=O. The van der Waals surface area contributed by atoms with Gasteiger partial charge in [0.15, 0.2) is 0 Å². The van der Waals surface area contributed by atoms with Crippen molar-refractivity contribution in [1.82, 2.24) is 5.73 Å². The molecule has 1 unspecified atom stereocenters. The van der Waals surface area contributed by atoms with Crippen LogP contribution in [0.5, 0.6) is 0 Å². The summed E-state index contributed by atoms with van der Waals surface area (Å²) in [6.07, 6.45) is -7.32. The first-order chi connectivity index (χ1) is 5.58. The van der Waals surface area contributed by atoms with E-state index in [4.69, 9.17) is 5.73 Å². The van der Waals surface area contributed by atoms with Crippen molar-refractivity contribution in [3.8, 4) is 0 Å². The quantitative estimate of drug-likeness (QED) is 0.648. The first-order valence-electron chi connectivity index (χ1n) is 3.28. The lowest BCUT2D eigenvalue weighted by Crippen LogP contribution is -2.39. The van der Waals surface area contributed by atoms with Gasteiger partial charge in [-0.15, -0.1) is 0 Å². The molecule has 13 heavy (non-hydrogen) atoms. The average molecular weight is 204 g/mol. The molecule has 0 spiro atoms. The highest BCUT2D eigenvalue weighted by molar-refractivity contribution is 5.75. The summed E-state index contributed by atoms with van der Waals surface area (Å²) in [6.45, 7) is 0.856. The fourth-order valence-corrected chi connectivity index (χ4v) is 0.593. The molecule has 0 aliphatic rings. The summed E-state index contributed by atoms with van der Waals surface area (Å²) in [6, 6.07) is 0. The smallest absolute Gasteiger partial charge is 0.273 e. The summed E-state index contributed by atoms with van der Waals surface area (Å²) in [5.41, 5.74) is 6.33. The van der Waals surface area contributed by atoms with Crippen LogP contribution in [0.1, 0.15) is 13.3 Å². The molecule has 0 rings (SSSR count). The number of carbonyl (C=O) groups is 1. The van der Waals surface area contributed by atoms with Crippen LogP contribution in [0.4, 0.5) is 22.0 Å². The van der Waals surface area contributed by atoms with E-state index in [-0.39, 0.29) is 0 Å². The van der Waals surface area contributed by atoms with Crippen LogP contribution >= 0.6 is 0 Å². The Morgan fingerprint density at radius 1 is 1.31 bits per heavy atom. The fraction of sp³-hybridized carbons (Fsp3) is 0.833. The predicted molar refractivity (Wildman–Crippen MR) is 32.9 cm³/mol. The van der Waals surface area contributed by atoms with Crippen LogP contribution < -0.4 is 5.73 Å². The maximum Gasteiger partial charge on any atom is 0.453 e. The standard InChI is InChI=1S/C6H7F5NO/c1-3(4(12)13)2-5(7,8)6(9,10)11/h3,12H,2H2,1H3. The monoisotopic (exact) mass is 204 g/mol. The largest absolute Gasteiger partial charge is 0.453 e. The third kappa shape index (κ3) is 3.16. The Morgan fingerprint density at radius 3 is 1.92 bits per heavy atom. The highest BCUT2D eigenvalue weighted by Crippen LogP contribution is 2.39. The van der Waals surface area contributed by atoms with Crippen LogP contribution in [0.3, 0.4) is 0 Å². The van der Waals surface area contributed by atoms with Gasteiger partial charge in [-0.05, 0) is 0 Å². The lowest BCUT2D eigenvalue weighted by atomic mass is 10.0. The minimum atomic E-state index is -5.66. The minimum absolute atomic E-state index is 0.856. The Bertz CT molecular complexity index is 200. The van der Waals surface area contributed by atoms with Gasteiger partial charge in [-0.2, -0.15) is 22.0 Å². The predicted octanol–water partition coefficient (Wildman–Crippen LogP) is 2.02. The summed E-state index contributed by atoms with van der Waals surface area (Å²) in [5, 5.41) is 0. The Hall–Kier alpha value is -0.880. The molecule has 77 valence electrons. The zero-order chi connectivity index (χ0) is 10.9. The van der Waals surface area contributed by atoms with Gasteiger partial charge in [0.1, 0.15) is 0 Å². The molecule has 0 saturated carbocycles. The molecule has 0 heterocycles. The van der Waals surface area contributed by atoms with Crippen molar-refractivity contribution in [3.05, 3.63) is 0 Å². The summed E-state index contributed by atoms with van der Waals surface area (Å²) >= 11 is 0. The van der Waals surface area contributed by atoms with E-state index in [2.05, 4.69) is 0 Å². The second kappa shape index (κ2) is 3.47. The lowest BCUT2D eigenvalue weighted by molar-refractivity contribution is -0.286. The van der Waals surface area contributed by atoms with Crippen LogP contribution in [-0.4, -0.2) is 18.0 Å². The van der Waals surface area contributed by atoms with Gasteiger partial charge in [0.25, 0.3) is 0 Å². The van der Waals surface area contributed by atoms with Gasteiger partial charge in [-0.1, -0.05) is 6.92 Å². The summed E-state index contributed by atoms with van der Waals surface area (Å²) in [5.74, 6) is -7.94. The van der Waals surface area contributed by atoms with Crippen molar-refractivity contribution in [2.24, 2.45) is 5.92 Å². The maximum atomic E-state index is 12.2. The summed E-state index contributed by atoms with van der Waals surface area (Å²) in [7, 11) is 0. The lowest BCUT2D eigenvalue weighted by Gasteiger charge is -2.21. The molecular formula is C6H7F5NO. The van der Waals surface area contributed by atoms with Gasteiger partial charge < -0.3 is 0 Å². The first kappa shape index (κ1) is 12.1. The second-order valence-corrected chi connectivity index (χ2v) is 2.67. The second-order valence-electron chi connectivity index (χ2n) is 2.67. The first-order valence-corrected chi connectivity index (χ1v) is 3.28. The molecule has 7 heteroatoms. The van der Waals surface area contributed by atoms with E-state index in [9.17, 15) is 26.7 Å². The molecule has 0 fully saturated rings. The van der Waals surface area contributed by atoms with Crippen LogP contribution in [-0.2, 0) is 4.79 Å². The molecule has 0 bridgehead atoms. The zero-order valence-corrected chi connectivity index (χ0v) is 6.58. The highest BCUT2D eigenvalue weighted by atomic mass is 19.4. The van der Waals surface area contributed by atoms with E-state index in [1.807, 2.05) is 0 Å². The van der Waals surface area contributed by atoms with Crippen molar-refractivity contribution >= 4 is 5.91 Å². The van der Waals surface area contributed by atoms with Crippen LogP contribution in [0.25, 0.3) is 0 Å². The maximum absolute atomic E-state index is 12.2. The minimum Gasteiger partial charge on any atom is -0.273 e. The van der Waals surface area contributed by atoms with Gasteiger partial charge in [0.2, 0.25) is 5.91 Å². The summed E-state index contributed by atoms with van der Waals surface area (Å²) in [4.78, 5) is 10.1. The molecule has 0 aromatic rings. The van der Waals surface area contributed by atoms with Gasteiger partial charge in [0.05, 0.1) is 0 Å². The van der Waals surface area contributed by atoms with Crippen LogP contribution in [0.2, 0.25) is 0 Å². The molecule has 1 atom stereocenters. The molecule has 1 N–H and O–H groups in total. The van der Waals surface area contributed by atoms with Crippen molar-refractivity contribution in [2.45, 2.75) is 25.4 Å². The van der Waals surface area contributed by atoms with Crippen LogP contribution in [0.15, 0.2) is 0 Å². The van der Waals surface area contributed by atoms with Gasteiger partial charge in [-0.3, -0.25) is 10.5 Å². The van der Waals surface area contributed by atoms with E-state index in [1.165, 1.54) is 0 Å². The molecule has 0 aliphatic heterocycles. The van der Waals surface area contributed by atoms with Crippen molar-refractivity contribution in [1.29, 1.82) is 0 Å². The van der Waals surface area contributed by atoms with Crippen molar-refractivity contribution in [3.63, 3.8) is 0 Å². The van der Waals surface area contributed by atoms with E-state index in [0.717, 1.165) is 6.92 Å². The normalized spacial score (nSPS) is 15.5.